The second-order valence-corrected chi connectivity index (χ2v) is 15.9. The van der Waals surface area contributed by atoms with Crippen LogP contribution in [0.4, 0.5) is 0 Å². The molecule has 2 nitrogen and oxygen atoms in total. The van der Waals surface area contributed by atoms with Crippen molar-refractivity contribution in [2.75, 3.05) is 0 Å². The van der Waals surface area contributed by atoms with E-state index in [2.05, 4.69) is 200 Å². The summed E-state index contributed by atoms with van der Waals surface area (Å²) in [5, 5.41) is 9.56. The third-order valence-electron chi connectivity index (χ3n) is 12.6. The summed E-state index contributed by atoms with van der Waals surface area (Å²) in [6.45, 7) is 0. The zero-order chi connectivity index (χ0) is 39.3. The molecule has 0 radical (unpaired) electrons. The summed E-state index contributed by atoms with van der Waals surface area (Å²) >= 11 is 0. The van der Waals surface area contributed by atoms with Gasteiger partial charge in [-0.3, -0.25) is 0 Å². The fourth-order valence-electron chi connectivity index (χ4n) is 9.98. The predicted molar refractivity (Wildman–Crippen MR) is 249 cm³/mol. The van der Waals surface area contributed by atoms with Gasteiger partial charge in [0.2, 0.25) is 0 Å². The maximum absolute atomic E-state index is 6.63. The van der Waals surface area contributed by atoms with Crippen molar-refractivity contribution in [1.29, 1.82) is 0 Å². The van der Waals surface area contributed by atoms with Crippen LogP contribution < -0.4 is 9.47 Å². The summed E-state index contributed by atoms with van der Waals surface area (Å²) in [5.41, 5.74) is 14.1. The number of fused-ring (bicyclic) bond motifs is 6. The minimum absolute atomic E-state index is 0.882. The first kappa shape index (κ1) is 33.1. The quantitative estimate of drug-likeness (QED) is 0.166. The molecule has 2 heteroatoms. The Bertz CT molecular complexity index is 3580. The zero-order valence-electron chi connectivity index (χ0n) is 32.4. The lowest BCUT2D eigenvalue weighted by molar-refractivity contribution is 0.487. The van der Waals surface area contributed by atoms with Gasteiger partial charge in [0.25, 0.3) is 0 Å². The Morgan fingerprint density at radius 3 is 1.52 bits per heavy atom. The summed E-state index contributed by atoms with van der Waals surface area (Å²) in [5.74, 6) is 3.58. The van der Waals surface area contributed by atoms with Gasteiger partial charge in [0.05, 0.1) is 0 Å². The topological polar surface area (TPSA) is 18.5 Å². The number of benzene rings is 11. The van der Waals surface area contributed by atoms with Crippen molar-refractivity contribution in [2.24, 2.45) is 0 Å². The Labute approximate surface area is 347 Å². The standard InChI is InChI=1S/C58H34O2/c1-3-12-35(13-4-1)55-48-29-26-40(41-30-31-53-58-44(41)20-11-21-46(58)42-18-7-8-22-51(42)59-53)33-50(48)56(36-14-5-2-6-15-36)47-28-25-38(32-49(47)55)39-24-27-43-45-19-9-16-37-17-10-23-52(57(37)45)60-54(43)34-39/h1-34H. The van der Waals surface area contributed by atoms with Crippen LogP contribution in [0.2, 0.25) is 0 Å². The van der Waals surface area contributed by atoms with Gasteiger partial charge in [0.1, 0.15) is 23.0 Å². The van der Waals surface area contributed by atoms with Crippen LogP contribution in [-0.4, -0.2) is 0 Å². The number of hydrogen-bond acceptors (Lipinski definition) is 2. The van der Waals surface area contributed by atoms with E-state index in [1.54, 1.807) is 0 Å². The molecule has 0 spiro atoms. The van der Waals surface area contributed by atoms with Crippen LogP contribution in [0.15, 0.2) is 206 Å². The molecule has 13 rings (SSSR count). The second kappa shape index (κ2) is 12.8. The monoisotopic (exact) mass is 762 g/mol. The van der Waals surface area contributed by atoms with Crippen molar-refractivity contribution >= 4 is 43.1 Å². The molecule has 11 aromatic rings. The molecular weight excluding hydrogens is 729 g/mol. The Balaban J connectivity index is 1.05. The molecule has 2 aliphatic heterocycles. The third-order valence-corrected chi connectivity index (χ3v) is 12.6. The maximum atomic E-state index is 6.63. The van der Waals surface area contributed by atoms with E-state index >= 15 is 0 Å². The SMILES string of the molecule is c1ccc(-c2c3ccc(-c4ccc5c6c(cccc46)-c4ccccc4O5)cc3c(-c3ccccc3)c3ccc(-c4ccc5c(c4)Oc4cccc6cccc-5c46)cc23)cc1. The first-order chi connectivity index (χ1) is 29.7. The van der Waals surface area contributed by atoms with Gasteiger partial charge in [-0.25, -0.2) is 0 Å². The normalized spacial score (nSPS) is 12.3. The van der Waals surface area contributed by atoms with Crippen LogP contribution in [0.3, 0.4) is 0 Å². The van der Waals surface area contributed by atoms with E-state index in [-0.39, 0.29) is 0 Å². The molecule has 2 aliphatic rings. The smallest absolute Gasteiger partial charge is 0.135 e. The second-order valence-electron chi connectivity index (χ2n) is 15.9. The summed E-state index contributed by atoms with van der Waals surface area (Å²) < 4.78 is 13.1. The van der Waals surface area contributed by atoms with Crippen molar-refractivity contribution in [3.63, 3.8) is 0 Å². The molecule has 0 aromatic heterocycles. The average Bonchev–Trinajstić information content (AvgIpc) is 3.31. The highest BCUT2D eigenvalue weighted by Crippen LogP contribution is 2.51. The van der Waals surface area contributed by atoms with Gasteiger partial charge in [-0.15, -0.1) is 0 Å². The number of rotatable bonds is 4. The van der Waals surface area contributed by atoms with Crippen molar-refractivity contribution in [1.82, 2.24) is 0 Å². The molecule has 0 N–H and O–H groups in total. The van der Waals surface area contributed by atoms with Gasteiger partial charge in [0, 0.05) is 21.9 Å². The highest BCUT2D eigenvalue weighted by molar-refractivity contribution is 6.23. The van der Waals surface area contributed by atoms with E-state index in [0.29, 0.717) is 0 Å². The van der Waals surface area contributed by atoms with Gasteiger partial charge < -0.3 is 9.47 Å². The average molecular weight is 763 g/mol. The van der Waals surface area contributed by atoms with Crippen molar-refractivity contribution in [3.8, 4) is 89.8 Å². The molecule has 0 saturated heterocycles. The van der Waals surface area contributed by atoms with E-state index < -0.39 is 0 Å². The molecule has 11 aromatic carbocycles. The van der Waals surface area contributed by atoms with Crippen LogP contribution in [-0.2, 0) is 0 Å². The maximum Gasteiger partial charge on any atom is 0.135 e. The largest absolute Gasteiger partial charge is 0.456 e. The Hall–Kier alpha value is -7.94. The lowest BCUT2D eigenvalue weighted by Gasteiger charge is -2.23. The molecule has 2 heterocycles. The molecule has 0 saturated carbocycles. The molecular formula is C58H34O2. The molecule has 0 fully saturated rings. The first-order valence-corrected chi connectivity index (χ1v) is 20.6. The van der Waals surface area contributed by atoms with E-state index in [1.165, 1.54) is 82.2 Å². The van der Waals surface area contributed by atoms with Gasteiger partial charge in [0.15, 0.2) is 0 Å². The molecule has 60 heavy (non-hydrogen) atoms. The number of hydrogen-bond donors (Lipinski definition) is 0. The highest BCUT2D eigenvalue weighted by Gasteiger charge is 2.24. The molecule has 0 atom stereocenters. The molecule has 278 valence electrons. The summed E-state index contributed by atoms with van der Waals surface area (Å²) in [7, 11) is 0. The lowest BCUT2D eigenvalue weighted by atomic mass is 9.83. The molecule has 0 aliphatic carbocycles. The van der Waals surface area contributed by atoms with Crippen LogP contribution in [0, 0.1) is 0 Å². The minimum Gasteiger partial charge on any atom is -0.456 e. The van der Waals surface area contributed by atoms with E-state index in [4.69, 9.17) is 9.47 Å². The van der Waals surface area contributed by atoms with E-state index in [1.807, 2.05) is 6.07 Å². The van der Waals surface area contributed by atoms with Crippen molar-refractivity contribution in [2.45, 2.75) is 0 Å². The molecule has 0 amide bonds. The Morgan fingerprint density at radius 2 is 0.750 bits per heavy atom. The zero-order valence-corrected chi connectivity index (χ0v) is 32.4. The molecule has 0 unspecified atom stereocenters. The molecule has 0 bridgehead atoms. The van der Waals surface area contributed by atoms with Crippen LogP contribution in [0.5, 0.6) is 23.0 Å². The van der Waals surface area contributed by atoms with Gasteiger partial charge in [-0.2, -0.15) is 0 Å². The van der Waals surface area contributed by atoms with Gasteiger partial charge in [-0.1, -0.05) is 164 Å². The van der Waals surface area contributed by atoms with Crippen LogP contribution >= 0.6 is 0 Å². The van der Waals surface area contributed by atoms with E-state index in [0.717, 1.165) is 50.6 Å². The van der Waals surface area contributed by atoms with Crippen molar-refractivity contribution in [3.05, 3.63) is 206 Å². The van der Waals surface area contributed by atoms with Crippen LogP contribution in [0.1, 0.15) is 0 Å². The predicted octanol–water partition coefficient (Wildman–Crippen LogP) is 16.5. The summed E-state index contributed by atoms with van der Waals surface area (Å²) in [4.78, 5) is 0. The van der Waals surface area contributed by atoms with Gasteiger partial charge in [-0.05, 0) is 130 Å². The highest BCUT2D eigenvalue weighted by atomic mass is 16.5. The van der Waals surface area contributed by atoms with Gasteiger partial charge >= 0.3 is 0 Å². The fourth-order valence-corrected chi connectivity index (χ4v) is 9.98. The van der Waals surface area contributed by atoms with Crippen LogP contribution in [0.25, 0.3) is 110 Å². The summed E-state index contributed by atoms with van der Waals surface area (Å²) in [6.07, 6.45) is 0. The van der Waals surface area contributed by atoms with E-state index in [9.17, 15) is 0 Å². The minimum atomic E-state index is 0.882. The number of ether oxygens (including phenoxy) is 2. The Morgan fingerprint density at radius 1 is 0.233 bits per heavy atom. The van der Waals surface area contributed by atoms with Crippen molar-refractivity contribution < 1.29 is 9.47 Å². The summed E-state index contributed by atoms with van der Waals surface area (Å²) in [6, 6.07) is 74.6. The fraction of sp³-hybridized carbons (Fsp3) is 0. The third kappa shape index (κ3) is 4.88. The lowest BCUT2D eigenvalue weighted by Crippen LogP contribution is -1.98. The Kier molecular flexibility index (Phi) is 7.05. The first-order valence-electron chi connectivity index (χ1n) is 20.6. The number of para-hydroxylation sites is 1.